The fourth-order valence-corrected chi connectivity index (χ4v) is 3.32. The molecule has 4 rings (SSSR count). The molecule has 0 bridgehead atoms. The molecule has 2 aromatic carbocycles. The second-order valence-corrected chi connectivity index (χ2v) is 7.37. The number of pyridine rings is 1. The molecule has 0 radical (unpaired) electrons. The third-order valence-electron chi connectivity index (χ3n) is 5.12. The quantitative estimate of drug-likeness (QED) is 0.431. The van der Waals surface area contributed by atoms with Crippen molar-refractivity contribution in [2.24, 2.45) is 7.05 Å². The lowest BCUT2D eigenvalue weighted by Gasteiger charge is -2.12. The minimum absolute atomic E-state index is 0.0823. The Morgan fingerprint density at radius 2 is 1.82 bits per heavy atom. The van der Waals surface area contributed by atoms with Gasteiger partial charge in [-0.3, -0.25) is 9.78 Å². The molecule has 0 spiro atoms. The van der Waals surface area contributed by atoms with E-state index in [0.29, 0.717) is 29.4 Å². The zero-order valence-corrected chi connectivity index (χ0v) is 18.0. The minimum Gasteiger partial charge on any atom is -0.378 e. The van der Waals surface area contributed by atoms with E-state index >= 15 is 0 Å². The number of aromatic nitrogens is 4. The van der Waals surface area contributed by atoms with Crippen molar-refractivity contribution in [3.63, 3.8) is 0 Å². The fourth-order valence-electron chi connectivity index (χ4n) is 3.32. The summed E-state index contributed by atoms with van der Waals surface area (Å²) < 4.78 is 41.2. The number of anilines is 1. The van der Waals surface area contributed by atoms with Gasteiger partial charge in [0.15, 0.2) is 11.6 Å². The summed E-state index contributed by atoms with van der Waals surface area (Å²) in [6.45, 7) is 0.0676. The number of nitrogens with one attached hydrogen (secondary N) is 2. The molecular weight excluding hydrogens is 445 g/mol. The summed E-state index contributed by atoms with van der Waals surface area (Å²) >= 11 is 0. The van der Waals surface area contributed by atoms with Crippen molar-refractivity contribution in [2.75, 3.05) is 5.32 Å². The van der Waals surface area contributed by atoms with Crippen molar-refractivity contribution in [1.29, 1.82) is 0 Å². The van der Waals surface area contributed by atoms with Gasteiger partial charge < -0.3 is 15.2 Å². The molecule has 0 saturated carbocycles. The molecular formula is C24H19F3N6O. The normalized spacial score (nSPS) is 11.1. The van der Waals surface area contributed by atoms with Gasteiger partial charge in [-0.05, 0) is 42.0 Å². The molecule has 0 atom stereocenters. The Balaban J connectivity index is 1.40. The maximum absolute atomic E-state index is 13.1. The molecule has 0 saturated heterocycles. The van der Waals surface area contributed by atoms with Crippen LogP contribution < -0.4 is 10.6 Å². The summed E-state index contributed by atoms with van der Waals surface area (Å²) in [4.78, 5) is 16.5. The van der Waals surface area contributed by atoms with Gasteiger partial charge in [0.2, 0.25) is 0 Å². The van der Waals surface area contributed by atoms with Crippen LogP contribution in [0.25, 0.3) is 11.4 Å². The van der Waals surface area contributed by atoms with Crippen LogP contribution in [0.15, 0.2) is 60.9 Å². The first kappa shape index (κ1) is 22.8. The molecule has 4 aromatic rings. The van der Waals surface area contributed by atoms with Crippen LogP contribution in [0.1, 0.15) is 27.3 Å². The number of amides is 1. The summed E-state index contributed by atoms with van der Waals surface area (Å²) in [6, 6.07) is 17.1. The predicted octanol–water partition coefficient (Wildman–Crippen LogP) is 4.04. The van der Waals surface area contributed by atoms with E-state index in [1.165, 1.54) is 6.07 Å². The van der Waals surface area contributed by atoms with Gasteiger partial charge in [-0.15, -0.1) is 10.2 Å². The first-order valence-corrected chi connectivity index (χ1v) is 10.2. The highest BCUT2D eigenvalue weighted by Gasteiger charge is 2.33. The zero-order valence-electron chi connectivity index (χ0n) is 18.0. The fraction of sp³-hybridized carbons (Fsp3) is 0.167. The van der Waals surface area contributed by atoms with E-state index < -0.39 is 17.6 Å². The Hall–Kier alpha value is -4.39. The summed E-state index contributed by atoms with van der Waals surface area (Å²) in [7, 11) is 1.85. The van der Waals surface area contributed by atoms with E-state index in [4.69, 9.17) is 0 Å². The van der Waals surface area contributed by atoms with E-state index in [0.717, 1.165) is 11.6 Å². The lowest BCUT2D eigenvalue weighted by molar-refractivity contribution is -0.138. The molecule has 2 heterocycles. The first-order valence-electron chi connectivity index (χ1n) is 10.2. The number of rotatable bonds is 7. The van der Waals surface area contributed by atoms with Gasteiger partial charge in [-0.1, -0.05) is 18.2 Å². The molecule has 172 valence electrons. The largest absolute Gasteiger partial charge is 0.417 e. The third-order valence-corrected chi connectivity index (χ3v) is 5.12. The van der Waals surface area contributed by atoms with Crippen molar-refractivity contribution in [3.8, 4) is 11.4 Å². The van der Waals surface area contributed by atoms with E-state index in [-0.39, 0.29) is 12.1 Å². The Morgan fingerprint density at radius 1 is 1.06 bits per heavy atom. The lowest BCUT2D eigenvalue weighted by Crippen LogP contribution is -2.24. The van der Waals surface area contributed by atoms with E-state index in [1.807, 2.05) is 23.7 Å². The molecule has 0 fully saturated rings. The van der Waals surface area contributed by atoms with Crippen molar-refractivity contribution in [1.82, 2.24) is 25.1 Å². The topological polar surface area (TPSA) is 84.7 Å². The maximum atomic E-state index is 13.1. The zero-order chi connectivity index (χ0) is 24.1. The Bertz CT molecular complexity index is 1290. The second-order valence-electron chi connectivity index (χ2n) is 7.37. The molecule has 7 nitrogen and oxygen atoms in total. The Labute approximate surface area is 193 Å². The molecule has 0 unspecified atom stereocenters. The van der Waals surface area contributed by atoms with E-state index in [9.17, 15) is 18.0 Å². The number of halogens is 3. The molecule has 34 heavy (non-hydrogen) atoms. The van der Waals surface area contributed by atoms with Crippen LogP contribution in [0.4, 0.5) is 18.9 Å². The number of hydrogen-bond acceptors (Lipinski definition) is 5. The highest BCUT2D eigenvalue weighted by atomic mass is 19.4. The SMILES string of the molecule is Cn1c(CNc2cccc(C(=O)NCc3cc#ccc3C(F)(F)F)c2)nnc1-c1ccncc1. The molecule has 0 aliphatic rings. The Kier molecular flexibility index (Phi) is 6.45. The van der Waals surface area contributed by atoms with Crippen LogP contribution in [0.3, 0.4) is 0 Å². The van der Waals surface area contributed by atoms with Crippen LogP contribution in [-0.4, -0.2) is 25.7 Å². The van der Waals surface area contributed by atoms with Gasteiger partial charge in [0.25, 0.3) is 5.91 Å². The standard InChI is InChI=1S/C24H19F3N6O/c1-33-21(31-32-22(33)16-9-11-28-12-10-16)15-29-19-7-4-6-17(13-19)23(34)30-14-18-5-2-3-8-20(18)24(25,26)27/h4-13,29H,14-15H2,1H3,(H,30,34). The number of nitrogens with zero attached hydrogens (tertiary/aromatic N) is 4. The van der Waals surface area contributed by atoms with Crippen molar-refractivity contribution >= 4 is 11.6 Å². The minimum atomic E-state index is -4.54. The predicted molar refractivity (Wildman–Crippen MR) is 118 cm³/mol. The Morgan fingerprint density at radius 3 is 2.59 bits per heavy atom. The van der Waals surface area contributed by atoms with E-state index in [1.54, 1.807) is 36.7 Å². The van der Waals surface area contributed by atoms with Gasteiger partial charge >= 0.3 is 6.18 Å². The molecule has 0 aliphatic carbocycles. The van der Waals surface area contributed by atoms with Crippen LogP contribution in [0, 0.1) is 12.1 Å². The molecule has 1 amide bonds. The number of benzene rings is 1. The highest BCUT2D eigenvalue weighted by molar-refractivity contribution is 5.95. The van der Waals surface area contributed by atoms with Crippen LogP contribution in [-0.2, 0) is 26.3 Å². The number of alkyl halides is 3. The third kappa shape index (κ3) is 5.15. The summed E-state index contributed by atoms with van der Waals surface area (Å²) in [6.07, 6.45) is -1.18. The highest BCUT2D eigenvalue weighted by Crippen LogP contribution is 2.31. The smallest absolute Gasteiger partial charge is 0.378 e. The summed E-state index contributed by atoms with van der Waals surface area (Å²) in [5.74, 6) is 0.878. The maximum Gasteiger partial charge on any atom is 0.417 e. The van der Waals surface area contributed by atoms with Crippen LogP contribution >= 0.6 is 0 Å². The number of carbonyl (C=O) groups excluding carboxylic acids is 1. The first-order chi connectivity index (χ1) is 16.3. The average molecular weight is 464 g/mol. The van der Waals surface area contributed by atoms with Crippen LogP contribution in [0.2, 0.25) is 0 Å². The summed E-state index contributed by atoms with van der Waals surface area (Å²) in [5.41, 5.74) is 0.913. The molecule has 2 aromatic heterocycles. The van der Waals surface area contributed by atoms with Gasteiger partial charge in [0.05, 0.1) is 12.1 Å². The molecule has 0 aliphatic heterocycles. The summed E-state index contributed by atoms with van der Waals surface area (Å²) in [5, 5.41) is 14.1. The molecule has 10 heteroatoms. The van der Waals surface area contributed by atoms with Gasteiger partial charge in [0, 0.05) is 48.9 Å². The van der Waals surface area contributed by atoms with Gasteiger partial charge in [-0.2, -0.15) is 13.2 Å². The average Bonchev–Trinajstić information content (AvgIpc) is 3.21. The van der Waals surface area contributed by atoms with Gasteiger partial charge in [-0.25, -0.2) is 0 Å². The van der Waals surface area contributed by atoms with E-state index in [2.05, 4.69) is 37.9 Å². The molecule has 2 N–H and O–H groups in total. The number of carbonyl (C=O) groups is 1. The van der Waals surface area contributed by atoms with Crippen molar-refractivity contribution < 1.29 is 18.0 Å². The van der Waals surface area contributed by atoms with Crippen LogP contribution in [0.5, 0.6) is 0 Å². The second kappa shape index (κ2) is 9.62. The van der Waals surface area contributed by atoms with Crippen molar-refractivity contribution in [3.05, 3.63) is 95.6 Å². The van der Waals surface area contributed by atoms with Crippen molar-refractivity contribution in [2.45, 2.75) is 19.3 Å². The number of hydrogen-bond donors (Lipinski definition) is 2. The van der Waals surface area contributed by atoms with Gasteiger partial charge in [0.1, 0.15) is 0 Å². The lowest BCUT2D eigenvalue weighted by atomic mass is 10.1. The monoisotopic (exact) mass is 464 g/mol.